The van der Waals surface area contributed by atoms with Crippen LogP contribution >= 0.6 is 0 Å². The molecule has 1 aromatic rings. The van der Waals surface area contributed by atoms with Gasteiger partial charge in [0.1, 0.15) is 12.4 Å². The first-order chi connectivity index (χ1) is 13.2. The molecule has 0 saturated heterocycles. The Morgan fingerprint density at radius 1 is 0.741 bits per heavy atom. The monoisotopic (exact) mass is 380 g/mol. The molecule has 0 spiro atoms. The number of ether oxygens (including phenoxy) is 3. The Labute approximate surface area is 164 Å². The number of esters is 1. The van der Waals surface area contributed by atoms with Gasteiger partial charge in [0.2, 0.25) is 0 Å². The number of carbonyl (C=O) groups excluding carboxylic acids is 1. The predicted octanol–water partition coefficient (Wildman–Crippen LogP) is 5.11. The lowest BCUT2D eigenvalue weighted by Gasteiger charge is -2.07. The molecule has 0 radical (unpaired) electrons. The topological polar surface area (TPSA) is 65.0 Å². The highest BCUT2D eigenvalue weighted by molar-refractivity contribution is 5.89. The molecule has 0 unspecified atom stereocenters. The largest absolute Gasteiger partial charge is 0.508 e. The number of hydrogen-bond donors (Lipinski definition) is 1. The van der Waals surface area contributed by atoms with Gasteiger partial charge in [-0.05, 0) is 30.7 Å². The summed E-state index contributed by atoms with van der Waals surface area (Å²) in [5, 5.41) is 9.18. The Morgan fingerprint density at radius 2 is 1.26 bits per heavy atom. The Bertz CT molecular complexity index is 472. The van der Waals surface area contributed by atoms with E-state index in [0.717, 1.165) is 13.0 Å². The average Bonchev–Trinajstić information content (AvgIpc) is 2.68. The zero-order valence-corrected chi connectivity index (χ0v) is 16.8. The van der Waals surface area contributed by atoms with Crippen molar-refractivity contribution in [3.8, 4) is 5.75 Å². The molecule has 1 rings (SSSR count). The summed E-state index contributed by atoms with van der Waals surface area (Å²) < 4.78 is 16.0. The number of aromatic hydroxyl groups is 1. The van der Waals surface area contributed by atoms with E-state index in [2.05, 4.69) is 6.92 Å². The smallest absolute Gasteiger partial charge is 0.338 e. The van der Waals surface area contributed by atoms with Crippen LogP contribution in [-0.4, -0.2) is 44.1 Å². The second-order valence-corrected chi connectivity index (χ2v) is 6.74. The lowest BCUT2D eigenvalue weighted by molar-refractivity contribution is 0.0141. The van der Waals surface area contributed by atoms with Crippen molar-refractivity contribution in [1.82, 2.24) is 0 Å². The minimum Gasteiger partial charge on any atom is -0.508 e. The third kappa shape index (κ3) is 13.3. The van der Waals surface area contributed by atoms with E-state index >= 15 is 0 Å². The summed E-state index contributed by atoms with van der Waals surface area (Å²) in [6, 6.07) is 5.97. The van der Waals surface area contributed by atoms with Crippen LogP contribution in [-0.2, 0) is 14.2 Å². The lowest BCUT2D eigenvalue weighted by Crippen LogP contribution is -2.13. The molecule has 1 aromatic carbocycles. The standard InChI is InChI=1S/C22H36O5/c1-2-3-4-5-6-7-8-9-10-15-25-16-17-26-18-19-27-22(24)20-11-13-21(23)14-12-20/h11-14,23H,2-10,15-19H2,1H3. The van der Waals surface area contributed by atoms with Crippen LogP contribution in [0.2, 0.25) is 0 Å². The van der Waals surface area contributed by atoms with Crippen LogP contribution in [0.5, 0.6) is 5.75 Å². The van der Waals surface area contributed by atoms with Gasteiger partial charge in [0.15, 0.2) is 0 Å². The highest BCUT2D eigenvalue weighted by Crippen LogP contribution is 2.11. The average molecular weight is 381 g/mol. The number of hydrogen-bond acceptors (Lipinski definition) is 5. The number of unbranched alkanes of at least 4 members (excludes halogenated alkanes) is 8. The summed E-state index contributed by atoms with van der Waals surface area (Å²) >= 11 is 0. The maximum absolute atomic E-state index is 11.7. The highest BCUT2D eigenvalue weighted by Gasteiger charge is 2.06. The zero-order chi connectivity index (χ0) is 19.6. The first-order valence-electron chi connectivity index (χ1n) is 10.4. The zero-order valence-electron chi connectivity index (χ0n) is 16.8. The van der Waals surface area contributed by atoms with Crippen LogP contribution in [0, 0.1) is 0 Å². The molecule has 5 nitrogen and oxygen atoms in total. The highest BCUT2D eigenvalue weighted by atomic mass is 16.6. The fourth-order valence-corrected chi connectivity index (χ4v) is 2.71. The molecule has 0 aliphatic heterocycles. The molecule has 0 atom stereocenters. The second-order valence-electron chi connectivity index (χ2n) is 6.74. The van der Waals surface area contributed by atoms with Gasteiger partial charge >= 0.3 is 5.97 Å². The van der Waals surface area contributed by atoms with E-state index in [1.54, 1.807) is 0 Å². The molecule has 0 aromatic heterocycles. The van der Waals surface area contributed by atoms with Crippen LogP contribution in [0.15, 0.2) is 24.3 Å². The molecule has 0 amide bonds. The lowest BCUT2D eigenvalue weighted by atomic mass is 10.1. The molecule has 0 saturated carbocycles. The van der Waals surface area contributed by atoms with Crippen molar-refractivity contribution in [2.24, 2.45) is 0 Å². The molecule has 0 heterocycles. The van der Waals surface area contributed by atoms with E-state index in [-0.39, 0.29) is 12.4 Å². The summed E-state index contributed by atoms with van der Waals surface area (Å²) in [6.45, 7) is 4.68. The van der Waals surface area contributed by atoms with Gasteiger partial charge in [-0.25, -0.2) is 4.79 Å². The normalized spacial score (nSPS) is 10.9. The van der Waals surface area contributed by atoms with Gasteiger partial charge in [-0.1, -0.05) is 58.3 Å². The maximum Gasteiger partial charge on any atom is 0.338 e. The van der Waals surface area contributed by atoms with Crippen molar-refractivity contribution < 1.29 is 24.1 Å². The maximum atomic E-state index is 11.7. The van der Waals surface area contributed by atoms with Gasteiger partial charge in [0, 0.05) is 6.61 Å². The van der Waals surface area contributed by atoms with Gasteiger partial charge in [-0.3, -0.25) is 0 Å². The molecular formula is C22H36O5. The van der Waals surface area contributed by atoms with Crippen molar-refractivity contribution in [3.05, 3.63) is 29.8 Å². The predicted molar refractivity (Wildman–Crippen MR) is 107 cm³/mol. The molecule has 27 heavy (non-hydrogen) atoms. The molecular weight excluding hydrogens is 344 g/mol. The van der Waals surface area contributed by atoms with Crippen LogP contribution in [0.4, 0.5) is 0 Å². The Morgan fingerprint density at radius 3 is 1.89 bits per heavy atom. The Kier molecular flexibility index (Phi) is 14.4. The van der Waals surface area contributed by atoms with Gasteiger partial charge in [0.25, 0.3) is 0 Å². The van der Waals surface area contributed by atoms with Crippen LogP contribution in [0.1, 0.15) is 75.1 Å². The molecule has 0 fully saturated rings. The first kappa shape index (κ1) is 23.4. The number of phenols is 1. The number of benzene rings is 1. The minimum atomic E-state index is -0.416. The quantitative estimate of drug-likeness (QED) is 0.300. The Hall–Kier alpha value is -1.59. The molecule has 0 aliphatic carbocycles. The molecule has 0 bridgehead atoms. The van der Waals surface area contributed by atoms with Crippen molar-refractivity contribution in [2.75, 3.05) is 33.0 Å². The van der Waals surface area contributed by atoms with Crippen LogP contribution < -0.4 is 0 Å². The number of carbonyl (C=O) groups is 1. The van der Waals surface area contributed by atoms with Crippen molar-refractivity contribution in [1.29, 1.82) is 0 Å². The van der Waals surface area contributed by atoms with Gasteiger partial charge < -0.3 is 19.3 Å². The summed E-state index contributed by atoms with van der Waals surface area (Å²) in [5.74, 6) is -0.294. The van der Waals surface area contributed by atoms with E-state index in [0.29, 0.717) is 25.4 Å². The summed E-state index contributed by atoms with van der Waals surface area (Å²) in [4.78, 5) is 11.7. The Balaban J connectivity index is 1.80. The third-order valence-corrected chi connectivity index (χ3v) is 4.33. The molecule has 0 aliphatic rings. The van der Waals surface area contributed by atoms with E-state index < -0.39 is 5.97 Å². The number of phenolic OH excluding ortho intramolecular Hbond substituents is 1. The molecule has 5 heteroatoms. The summed E-state index contributed by atoms with van der Waals surface area (Å²) in [5.41, 5.74) is 0.414. The fraction of sp³-hybridized carbons (Fsp3) is 0.682. The van der Waals surface area contributed by atoms with E-state index in [1.165, 1.54) is 75.6 Å². The van der Waals surface area contributed by atoms with Crippen molar-refractivity contribution >= 4 is 5.97 Å². The molecule has 154 valence electrons. The SMILES string of the molecule is CCCCCCCCCCCOCCOCCOC(=O)c1ccc(O)cc1. The molecule has 1 N–H and O–H groups in total. The van der Waals surface area contributed by atoms with Gasteiger partial charge in [-0.2, -0.15) is 0 Å². The summed E-state index contributed by atoms with van der Waals surface area (Å²) in [6.07, 6.45) is 11.8. The third-order valence-electron chi connectivity index (χ3n) is 4.33. The van der Waals surface area contributed by atoms with Gasteiger partial charge in [-0.15, -0.1) is 0 Å². The van der Waals surface area contributed by atoms with E-state index in [9.17, 15) is 9.90 Å². The summed E-state index contributed by atoms with van der Waals surface area (Å²) in [7, 11) is 0. The van der Waals surface area contributed by atoms with Crippen molar-refractivity contribution in [3.63, 3.8) is 0 Å². The van der Waals surface area contributed by atoms with Crippen molar-refractivity contribution in [2.45, 2.75) is 64.7 Å². The van der Waals surface area contributed by atoms with E-state index in [1.807, 2.05) is 0 Å². The fourth-order valence-electron chi connectivity index (χ4n) is 2.71. The van der Waals surface area contributed by atoms with Gasteiger partial charge in [0.05, 0.1) is 25.4 Å². The first-order valence-corrected chi connectivity index (χ1v) is 10.4. The number of rotatable bonds is 17. The van der Waals surface area contributed by atoms with Crippen LogP contribution in [0.25, 0.3) is 0 Å². The second kappa shape index (κ2) is 16.6. The van der Waals surface area contributed by atoms with E-state index in [4.69, 9.17) is 14.2 Å². The van der Waals surface area contributed by atoms with Crippen LogP contribution in [0.3, 0.4) is 0 Å². The minimum absolute atomic E-state index is 0.122.